The minimum Gasteiger partial charge on any atom is -0.480 e. The van der Waals surface area contributed by atoms with Crippen LogP contribution in [0.3, 0.4) is 0 Å². The lowest BCUT2D eigenvalue weighted by Crippen LogP contribution is -2.34. The van der Waals surface area contributed by atoms with Gasteiger partial charge in [-0.15, -0.1) is 0 Å². The molecule has 0 saturated heterocycles. The molecule has 0 saturated carbocycles. The van der Waals surface area contributed by atoms with Crippen molar-refractivity contribution < 1.29 is 42.7 Å². The molecule has 3 unspecified atom stereocenters. The molecular weight excluding hydrogens is 621 g/mol. The van der Waals surface area contributed by atoms with Crippen LogP contribution in [0.2, 0.25) is 0 Å². The van der Waals surface area contributed by atoms with Gasteiger partial charge in [0.1, 0.15) is 12.1 Å². The zero-order valence-corrected chi connectivity index (χ0v) is 31.0. The highest BCUT2D eigenvalue weighted by atomic mass is 31.2. The Balaban J connectivity index is 4.27. The van der Waals surface area contributed by atoms with E-state index in [0.717, 1.165) is 38.5 Å². The first kappa shape index (κ1) is 46.0. The number of ether oxygens (including phenoxy) is 2. The van der Waals surface area contributed by atoms with Gasteiger partial charge in [0.2, 0.25) is 0 Å². The van der Waals surface area contributed by atoms with Gasteiger partial charge in [0, 0.05) is 13.0 Å². The highest BCUT2D eigenvalue weighted by Crippen LogP contribution is 2.43. The fraction of sp³-hybridized carbons (Fsp3) is 0.944. The molecule has 0 rings (SSSR count). The number of hydrogen-bond acceptors (Lipinski definition) is 8. The third-order valence-corrected chi connectivity index (χ3v) is 9.34. The van der Waals surface area contributed by atoms with Crippen molar-refractivity contribution in [3.05, 3.63) is 0 Å². The summed E-state index contributed by atoms with van der Waals surface area (Å²) < 4.78 is 33.2. The Labute approximate surface area is 287 Å². The minimum absolute atomic E-state index is 0.0247. The molecule has 0 aromatic rings. The molecule has 0 spiro atoms. The second kappa shape index (κ2) is 33.5. The molecule has 0 fully saturated rings. The number of carbonyl (C=O) groups excluding carboxylic acids is 1. The van der Waals surface area contributed by atoms with Crippen molar-refractivity contribution in [3.8, 4) is 0 Å². The first-order valence-corrected chi connectivity index (χ1v) is 20.6. The van der Waals surface area contributed by atoms with Crippen LogP contribution in [0.4, 0.5) is 0 Å². The number of phosphoric ester groups is 1. The summed E-state index contributed by atoms with van der Waals surface area (Å²) in [5, 5.41) is 8.85. The third-order valence-electron chi connectivity index (χ3n) is 8.39. The number of unbranched alkanes of at least 4 members (excludes halogenated alkanes) is 23. The Morgan fingerprint density at radius 1 is 0.596 bits per heavy atom. The number of esters is 1. The first-order valence-electron chi connectivity index (χ1n) is 19.1. The molecule has 0 aromatic carbocycles. The standard InChI is InChI=1S/C36H72NO9P/c1-3-5-7-9-11-13-15-16-17-18-20-22-24-26-28-35(38)46-33(31-44-47(41,42)45-32-34(37)36(39)40)30-43-29-27-25-23-21-19-14-12-10-8-6-4-2/h33-34H,3-32,37H2,1-2H3,(H,39,40)(H,41,42). The van der Waals surface area contributed by atoms with Crippen molar-refractivity contribution in [1.82, 2.24) is 0 Å². The number of rotatable bonds is 37. The molecular formula is C36H72NO9P. The van der Waals surface area contributed by atoms with E-state index < -0.39 is 45.1 Å². The molecule has 280 valence electrons. The Kier molecular flexibility index (Phi) is 32.7. The fourth-order valence-electron chi connectivity index (χ4n) is 5.37. The average Bonchev–Trinajstić information content (AvgIpc) is 3.04. The number of aliphatic carboxylic acids is 1. The van der Waals surface area contributed by atoms with E-state index >= 15 is 0 Å². The lowest BCUT2D eigenvalue weighted by molar-refractivity contribution is -0.154. The van der Waals surface area contributed by atoms with Crippen molar-refractivity contribution in [1.29, 1.82) is 0 Å². The van der Waals surface area contributed by atoms with E-state index in [-0.39, 0.29) is 13.0 Å². The molecule has 0 radical (unpaired) electrons. The fourth-order valence-corrected chi connectivity index (χ4v) is 6.15. The molecule has 0 aliphatic rings. The van der Waals surface area contributed by atoms with Crippen LogP contribution < -0.4 is 5.73 Å². The quantitative estimate of drug-likeness (QED) is 0.0325. The van der Waals surface area contributed by atoms with E-state index in [1.165, 1.54) is 122 Å². The van der Waals surface area contributed by atoms with Gasteiger partial charge in [0.25, 0.3) is 0 Å². The summed E-state index contributed by atoms with van der Waals surface area (Å²) in [5.74, 6) is -1.77. The molecule has 3 atom stereocenters. The van der Waals surface area contributed by atoms with Crippen molar-refractivity contribution in [2.24, 2.45) is 5.73 Å². The van der Waals surface area contributed by atoms with Gasteiger partial charge >= 0.3 is 19.8 Å². The maximum absolute atomic E-state index is 12.5. The summed E-state index contributed by atoms with van der Waals surface area (Å²) in [6.07, 6.45) is 30.1. The van der Waals surface area contributed by atoms with E-state index in [2.05, 4.69) is 18.4 Å². The Bertz CT molecular complexity index is 771. The van der Waals surface area contributed by atoms with Gasteiger partial charge in [-0.3, -0.25) is 18.6 Å². The number of nitrogens with two attached hydrogens (primary N) is 1. The summed E-state index contributed by atoms with van der Waals surface area (Å²) in [6.45, 7) is 3.89. The predicted octanol–water partition coefficient (Wildman–Crippen LogP) is 9.64. The first-order chi connectivity index (χ1) is 22.7. The van der Waals surface area contributed by atoms with Crippen LogP contribution in [0.25, 0.3) is 0 Å². The molecule has 0 amide bonds. The summed E-state index contributed by atoms with van der Waals surface area (Å²) in [7, 11) is -4.60. The molecule has 0 aliphatic carbocycles. The topological polar surface area (TPSA) is 155 Å². The number of carbonyl (C=O) groups is 2. The molecule has 4 N–H and O–H groups in total. The van der Waals surface area contributed by atoms with E-state index in [1.54, 1.807) is 0 Å². The molecule has 0 heterocycles. The smallest absolute Gasteiger partial charge is 0.472 e. The number of phosphoric acid groups is 1. The van der Waals surface area contributed by atoms with Crippen molar-refractivity contribution in [2.75, 3.05) is 26.4 Å². The van der Waals surface area contributed by atoms with Crippen molar-refractivity contribution >= 4 is 19.8 Å². The third kappa shape index (κ3) is 33.3. The number of carboxylic acids is 1. The van der Waals surface area contributed by atoms with Crippen LogP contribution in [0.1, 0.15) is 181 Å². The zero-order chi connectivity index (χ0) is 34.9. The molecule has 11 heteroatoms. The molecule has 0 bridgehead atoms. The van der Waals surface area contributed by atoms with Crippen LogP contribution in [0.5, 0.6) is 0 Å². The summed E-state index contributed by atoms with van der Waals surface area (Å²) >= 11 is 0. The van der Waals surface area contributed by atoms with Gasteiger partial charge in [0.05, 0.1) is 19.8 Å². The number of carboxylic acid groups (broad SMARTS) is 1. The summed E-state index contributed by atoms with van der Waals surface area (Å²) in [4.78, 5) is 33.3. The maximum Gasteiger partial charge on any atom is 0.472 e. The summed E-state index contributed by atoms with van der Waals surface area (Å²) in [5.41, 5.74) is 5.33. The zero-order valence-electron chi connectivity index (χ0n) is 30.1. The van der Waals surface area contributed by atoms with Gasteiger partial charge in [0.15, 0.2) is 0 Å². The van der Waals surface area contributed by atoms with Crippen molar-refractivity contribution in [2.45, 2.75) is 193 Å². The second-order valence-corrected chi connectivity index (χ2v) is 14.5. The highest BCUT2D eigenvalue weighted by Gasteiger charge is 2.27. The molecule has 10 nitrogen and oxygen atoms in total. The van der Waals surface area contributed by atoms with Gasteiger partial charge in [-0.1, -0.05) is 162 Å². The van der Waals surface area contributed by atoms with E-state index in [4.69, 9.17) is 24.8 Å². The molecule has 0 aromatic heterocycles. The maximum atomic E-state index is 12.5. The van der Waals surface area contributed by atoms with Gasteiger partial charge < -0.3 is 25.2 Å². The normalized spacial score (nSPS) is 14.1. The molecule has 0 aliphatic heterocycles. The minimum atomic E-state index is -4.60. The van der Waals surface area contributed by atoms with E-state index in [9.17, 15) is 19.0 Å². The SMILES string of the molecule is CCCCCCCCCCCCCCCCC(=O)OC(COCCCCCCCCCCCCC)COP(=O)(O)OCC(N)C(=O)O. The summed E-state index contributed by atoms with van der Waals surface area (Å²) in [6, 6.07) is -1.47. The number of hydrogen-bond donors (Lipinski definition) is 3. The van der Waals surface area contributed by atoms with Crippen LogP contribution >= 0.6 is 7.82 Å². The lowest BCUT2D eigenvalue weighted by atomic mass is 10.0. The van der Waals surface area contributed by atoms with E-state index in [0.29, 0.717) is 6.61 Å². The monoisotopic (exact) mass is 693 g/mol. The Hall–Kier alpha value is -1.03. The van der Waals surface area contributed by atoms with Crippen molar-refractivity contribution in [3.63, 3.8) is 0 Å². The second-order valence-electron chi connectivity index (χ2n) is 13.1. The largest absolute Gasteiger partial charge is 0.480 e. The average molecular weight is 694 g/mol. The van der Waals surface area contributed by atoms with E-state index in [1.807, 2.05) is 0 Å². The van der Waals surface area contributed by atoms with Gasteiger partial charge in [-0.2, -0.15) is 0 Å². The lowest BCUT2D eigenvalue weighted by Gasteiger charge is -2.20. The van der Waals surface area contributed by atoms with Gasteiger partial charge in [-0.05, 0) is 12.8 Å². The highest BCUT2D eigenvalue weighted by molar-refractivity contribution is 7.47. The van der Waals surface area contributed by atoms with Crippen LogP contribution in [0, 0.1) is 0 Å². The Morgan fingerprint density at radius 3 is 1.40 bits per heavy atom. The Morgan fingerprint density at radius 2 is 0.979 bits per heavy atom. The van der Waals surface area contributed by atoms with Gasteiger partial charge in [-0.25, -0.2) is 4.57 Å². The van der Waals surface area contributed by atoms with Crippen LogP contribution in [0.15, 0.2) is 0 Å². The predicted molar refractivity (Wildman–Crippen MR) is 189 cm³/mol. The van der Waals surface area contributed by atoms with Crippen LogP contribution in [-0.2, 0) is 32.7 Å². The molecule has 47 heavy (non-hydrogen) atoms. The van der Waals surface area contributed by atoms with Crippen LogP contribution in [-0.4, -0.2) is 60.5 Å².